The Kier molecular flexibility index (Phi) is 5.55. The number of nitrogens with one attached hydrogen (secondary N) is 1. The van der Waals surface area contributed by atoms with Gasteiger partial charge in [0.15, 0.2) is 0 Å². The molecule has 0 saturated heterocycles. The van der Waals surface area contributed by atoms with Crippen LogP contribution in [0, 0.1) is 0 Å². The van der Waals surface area contributed by atoms with Gasteiger partial charge in [0.2, 0.25) is 0 Å². The number of hydrazone groups is 1. The Bertz CT molecular complexity index is 679. The van der Waals surface area contributed by atoms with Crippen LogP contribution in [0.2, 0.25) is 0 Å². The summed E-state index contributed by atoms with van der Waals surface area (Å²) >= 11 is 3.37. The zero-order chi connectivity index (χ0) is 15.9. The molecule has 0 unspecified atom stereocenters. The van der Waals surface area contributed by atoms with E-state index in [1.807, 2.05) is 24.3 Å². The third kappa shape index (κ3) is 4.33. The predicted molar refractivity (Wildman–Crippen MR) is 88.7 cm³/mol. The first-order valence-electron chi connectivity index (χ1n) is 6.44. The number of methoxy groups -OCH3 is 2. The molecule has 6 heteroatoms. The molecule has 114 valence electrons. The minimum Gasteiger partial charge on any atom is -0.497 e. The average Bonchev–Trinajstić information content (AvgIpc) is 2.54. The molecular formula is C16H15BrN2O3. The fourth-order valence-corrected chi connectivity index (χ4v) is 2.17. The van der Waals surface area contributed by atoms with Crippen molar-refractivity contribution in [3.63, 3.8) is 0 Å². The van der Waals surface area contributed by atoms with Crippen molar-refractivity contribution >= 4 is 28.1 Å². The number of hydrogen-bond acceptors (Lipinski definition) is 4. The predicted octanol–water partition coefficient (Wildman–Crippen LogP) is 3.23. The van der Waals surface area contributed by atoms with Crippen LogP contribution in [-0.4, -0.2) is 26.3 Å². The number of nitrogens with zero attached hydrogens (tertiary/aromatic N) is 1. The molecule has 0 aromatic heterocycles. The van der Waals surface area contributed by atoms with Crippen LogP contribution >= 0.6 is 15.9 Å². The zero-order valence-corrected chi connectivity index (χ0v) is 13.8. The molecule has 0 aliphatic rings. The van der Waals surface area contributed by atoms with Crippen molar-refractivity contribution in [1.29, 1.82) is 0 Å². The lowest BCUT2D eigenvalue weighted by molar-refractivity contribution is 0.0954. The van der Waals surface area contributed by atoms with Crippen LogP contribution in [0.1, 0.15) is 15.9 Å². The smallest absolute Gasteiger partial charge is 0.271 e. The van der Waals surface area contributed by atoms with Crippen molar-refractivity contribution in [3.8, 4) is 11.5 Å². The maximum atomic E-state index is 12.1. The monoisotopic (exact) mass is 362 g/mol. The molecule has 5 nitrogen and oxygen atoms in total. The Hall–Kier alpha value is -2.34. The number of carbonyl (C=O) groups excluding carboxylic acids is 1. The van der Waals surface area contributed by atoms with Gasteiger partial charge in [0.1, 0.15) is 11.5 Å². The molecular weight excluding hydrogens is 348 g/mol. The number of amides is 1. The molecule has 0 aliphatic carbocycles. The first-order valence-corrected chi connectivity index (χ1v) is 7.23. The summed E-state index contributed by atoms with van der Waals surface area (Å²) in [6.07, 6.45) is 1.57. The number of hydrogen-bond donors (Lipinski definition) is 1. The normalized spacial score (nSPS) is 10.5. The van der Waals surface area contributed by atoms with Gasteiger partial charge >= 0.3 is 0 Å². The number of benzene rings is 2. The van der Waals surface area contributed by atoms with Gasteiger partial charge in [-0.15, -0.1) is 0 Å². The van der Waals surface area contributed by atoms with Gasteiger partial charge in [-0.25, -0.2) is 5.43 Å². The van der Waals surface area contributed by atoms with E-state index >= 15 is 0 Å². The Balaban J connectivity index is 2.09. The first kappa shape index (κ1) is 16.0. The standard InChI is InChI=1S/C16H15BrN2O3/c1-21-14-7-12(8-15(9-14)22-2)16(20)19-18-10-11-4-3-5-13(17)6-11/h3-10H,1-2H3,(H,19,20)/b18-10+. The third-order valence-electron chi connectivity index (χ3n) is 2.84. The van der Waals surface area contributed by atoms with E-state index in [4.69, 9.17) is 9.47 Å². The summed E-state index contributed by atoms with van der Waals surface area (Å²) in [7, 11) is 3.06. The molecule has 0 fully saturated rings. The minimum atomic E-state index is -0.344. The van der Waals surface area contributed by atoms with Crippen LogP contribution in [0.4, 0.5) is 0 Å². The third-order valence-corrected chi connectivity index (χ3v) is 3.34. The van der Waals surface area contributed by atoms with Gasteiger partial charge in [-0.2, -0.15) is 5.10 Å². The van der Waals surface area contributed by atoms with Gasteiger partial charge in [-0.05, 0) is 29.8 Å². The SMILES string of the molecule is COc1cc(OC)cc(C(=O)N/N=C/c2cccc(Br)c2)c1. The Morgan fingerprint density at radius 1 is 1.14 bits per heavy atom. The van der Waals surface area contributed by atoms with Crippen LogP contribution in [0.3, 0.4) is 0 Å². The Labute approximate surface area is 137 Å². The van der Waals surface area contributed by atoms with E-state index in [1.54, 1.807) is 24.4 Å². The summed E-state index contributed by atoms with van der Waals surface area (Å²) in [4.78, 5) is 12.1. The van der Waals surface area contributed by atoms with Gasteiger partial charge < -0.3 is 9.47 Å². The second-order valence-corrected chi connectivity index (χ2v) is 5.27. The van der Waals surface area contributed by atoms with Crippen molar-refractivity contribution in [2.24, 2.45) is 5.10 Å². The molecule has 2 aromatic rings. The van der Waals surface area contributed by atoms with Crippen LogP contribution in [-0.2, 0) is 0 Å². The van der Waals surface area contributed by atoms with Gasteiger partial charge in [0.05, 0.1) is 20.4 Å². The summed E-state index contributed by atoms with van der Waals surface area (Å²) in [6.45, 7) is 0. The molecule has 0 bridgehead atoms. The number of rotatable bonds is 5. The Morgan fingerprint density at radius 2 is 1.82 bits per heavy atom. The second kappa shape index (κ2) is 7.61. The molecule has 2 rings (SSSR count). The van der Waals surface area contributed by atoms with Crippen molar-refractivity contribution in [2.45, 2.75) is 0 Å². The lowest BCUT2D eigenvalue weighted by Crippen LogP contribution is -2.17. The topological polar surface area (TPSA) is 59.9 Å². The van der Waals surface area contributed by atoms with Crippen molar-refractivity contribution in [2.75, 3.05) is 14.2 Å². The average molecular weight is 363 g/mol. The number of carbonyl (C=O) groups is 1. The lowest BCUT2D eigenvalue weighted by Gasteiger charge is -2.07. The number of ether oxygens (including phenoxy) is 2. The second-order valence-electron chi connectivity index (χ2n) is 4.36. The summed E-state index contributed by atoms with van der Waals surface area (Å²) in [5, 5.41) is 3.94. The van der Waals surface area contributed by atoms with Crippen molar-refractivity contribution < 1.29 is 14.3 Å². The van der Waals surface area contributed by atoms with Crippen LogP contribution < -0.4 is 14.9 Å². The highest BCUT2D eigenvalue weighted by Crippen LogP contribution is 2.22. The quantitative estimate of drug-likeness (QED) is 0.656. The van der Waals surface area contributed by atoms with E-state index in [0.717, 1.165) is 10.0 Å². The highest BCUT2D eigenvalue weighted by atomic mass is 79.9. The van der Waals surface area contributed by atoms with Crippen LogP contribution in [0.25, 0.3) is 0 Å². The van der Waals surface area contributed by atoms with Crippen molar-refractivity contribution in [3.05, 3.63) is 58.1 Å². The molecule has 0 aliphatic heterocycles. The largest absolute Gasteiger partial charge is 0.497 e. The zero-order valence-electron chi connectivity index (χ0n) is 12.2. The maximum Gasteiger partial charge on any atom is 0.271 e. The van der Waals surface area contributed by atoms with E-state index in [0.29, 0.717) is 17.1 Å². The summed E-state index contributed by atoms with van der Waals surface area (Å²) in [5.74, 6) is 0.740. The van der Waals surface area contributed by atoms with Gasteiger partial charge in [0, 0.05) is 16.1 Å². The molecule has 2 aromatic carbocycles. The molecule has 1 amide bonds. The number of halogens is 1. The van der Waals surface area contributed by atoms with Gasteiger partial charge in [0.25, 0.3) is 5.91 Å². The highest BCUT2D eigenvalue weighted by Gasteiger charge is 2.08. The summed E-state index contributed by atoms with van der Waals surface area (Å²) in [6, 6.07) is 12.5. The lowest BCUT2D eigenvalue weighted by atomic mass is 10.2. The van der Waals surface area contributed by atoms with Gasteiger partial charge in [-0.3, -0.25) is 4.79 Å². The molecule has 22 heavy (non-hydrogen) atoms. The highest BCUT2D eigenvalue weighted by molar-refractivity contribution is 9.10. The van der Waals surface area contributed by atoms with E-state index in [1.165, 1.54) is 14.2 Å². The van der Waals surface area contributed by atoms with E-state index in [9.17, 15) is 4.79 Å². The molecule has 0 spiro atoms. The fourth-order valence-electron chi connectivity index (χ4n) is 1.76. The van der Waals surface area contributed by atoms with E-state index in [-0.39, 0.29) is 5.91 Å². The van der Waals surface area contributed by atoms with E-state index < -0.39 is 0 Å². The first-order chi connectivity index (χ1) is 10.6. The molecule has 0 heterocycles. The van der Waals surface area contributed by atoms with E-state index in [2.05, 4.69) is 26.5 Å². The van der Waals surface area contributed by atoms with Crippen molar-refractivity contribution in [1.82, 2.24) is 5.43 Å². The molecule has 1 N–H and O–H groups in total. The summed E-state index contributed by atoms with van der Waals surface area (Å²) < 4.78 is 11.2. The van der Waals surface area contributed by atoms with Gasteiger partial charge in [-0.1, -0.05) is 28.1 Å². The summed E-state index contributed by atoms with van der Waals surface area (Å²) in [5.41, 5.74) is 3.75. The van der Waals surface area contributed by atoms with Crippen LogP contribution in [0.5, 0.6) is 11.5 Å². The molecule has 0 saturated carbocycles. The maximum absolute atomic E-state index is 12.1. The Morgan fingerprint density at radius 3 is 2.41 bits per heavy atom. The van der Waals surface area contributed by atoms with Crippen LogP contribution in [0.15, 0.2) is 52.0 Å². The molecule has 0 atom stereocenters. The molecule has 0 radical (unpaired) electrons. The fraction of sp³-hybridized carbons (Fsp3) is 0.125. The minimum absolute atomic E-state index is 0.344.